The van der Waals surface area contributed by atoms with Crippen molar-refractivity contribution in [1.29, 1.82) is 0 Å². The monoisotopic (exact) mass is 483 g/mol. The smallest absolute Gasteiger partial charge is 0.419 e. The van der Waals surface area contributed by atoms with Crippen LogP contribution in [0.2, 0.25) is 0 Å². The average Bonchev–Trinajstić information content (AvgIpc) is 2.74. The molecule has 4 N–H and O–H groups in total. The number of alkyl halides is 6. The first-order valence-electron chi connectivity index (χ1n) is 9.98. The van der Waals surface area contributed by atoms with Gasteiger partial charge in [0.25, 0.3) is 0 Å². The van der Waals surface area contributed by atoms with Gasteiger partial charge in [0.1, 0.15) is 11.6 Å². The molecule has 0 radical (unpaired) electrons. The van der Waals surface area contributed by atoms with Crippen LogP contribution in [0.1, 0.15) is 35.1 Å². The zero-order valence-electron chi connectivity index (χ0n) is 17.4. The SMILES string of the molecule is NC(CO)(CO)CCc1ccc(OCCCc2ccc(C(F)(F)F)c(F)c2)c(C(F)(F)F)c1. The summed E-state index contributed by atoms with van der Waals surface area (Å²) in [6, 6.07) is 5.93. The molecule has 0 heterocycles. The third kappa shape index (κ3) is 7.58. The van der Waals surface area contributed by atoms with Crippen molar-refractivity contribution in [2.24, 2.45) is 5.73 Å². The van der Waals surface area contributed by atoms with Crippen LogP contribution in [-0.2, 0) is 25.2 Å². The number of hydrogen-bond acceptors (Lipinski definition) is 4. The molecule has 0 bridgehead atoms. The molecule has 0 amide bonds. The minimum absolute atomic E-state index is 0.0567. The number of halogens is 7. The van der Waals surface area contributed by atoms with Crippen LogP contribution in [0.5, 0.6) is 5.75 Å². The Hall–Kier alpha value is -2.37. The first-order valence-corrected chi connectivity index (χ1v) is 9.98. The second kappa shape index (κ2) is 10.7. The van der Waals surface area contributed by atoms with Gasteiger partial charge < -0.3 is 20.7 Å². The highest BCUT2D eigenvalue weighted by Gasteiger charge is 2.35. The molecule has 0 saturated heterocycles. The number of nitrogens with two attached hydrogens (primary N) is 1. The zero-order valence-corrected chi connectivity index (χ0v) is 17.4. The van der Waals surface area contributed by atoms with E-state index in [1.54, 1.807) is 0 Å². The number of rotatable bonds is 10. The van der Waals surface area contributed by atoms with E-state index >= 15 is 0 Å². The van der Waals surface area contributed by atoms with Gasteiger partial charge in [-0.15, -0.1) is 0 Å². The van der Waals surface area contributed by atoms with Gasteiger partial charge in [-0.2, -0.15) is 26.3 Å². The minimum Gasteiger partial charge on any atom is -0.493 e. The molecule has 4 nitrogen and oxygen atoms in total. The summed E-state index contributed by atoms with van der Waals surface area (Å²) in [5.74, 6) is -1.84. The highest BCUT2D eigenvalue weighted by molar-refractivity contribution is 5.39. The van der Waals surface area contributed by atoms with Gasteiger partial charge in [-0.3, -0.25) is 0 Å². The van der Waals surface area contributed by atoms with E-state index in [-0.39, 0.29) is 43.4 Å². The maximum absolute atomic E-state index is 13.6. The molecule has 11 heteroatoms. The van der Waals surface area contributed by atoms with Crippen LogP contribution in [0.15, 0.2) is 36.4 Å². The van der Waals surface area contributed by atoms with E-state index < -0.39 is 53.8 Å². The number of aliphatic hydroxyl groups is 2. The van der Waals surface area contributed by atoms with Gasteiger partial charge in [-0.25, -0.2) is 4.39 Å². The van der Waals surface area contributed by atoms with E-state index in [0.29, 0.717) is 6.07 Å². The number of aliphatic hydroxyl groups excluding tert-OH is 2. The normalized spacial score (nSPS) is 12.8. The van der Waals surface area contributed by atoms with E-state index in [2.05, 4.69) is 0 Å². The molecule has 0 aliphatic heterocycles. The first-order chi connectivity index (χ1) is 15.3. The third-order valence-electron chi connectivity index (χ3n) is 5.10. The van der Waals surface area contributed by atoms with Gasteiger partial charge in [0.15, 0.2) is 0 Å². The van der Waals surface area contributed by atoms with Crippen molar-refractivity contribution in [3.8, 4) is 5.75 Å². The summed E-state index contributed by atoms with van der Waals surface area (Å²) in [4.78, 5) is 0. The molecule has 2 aromatic carbocycles. The lowest BCUT2D eigenvalue weighted by molar-refractivity contribution is -0.140. The summed E-state index contributed by atoms with van der Waals surface area (Å²) in [5, 5.41) is 18.4. The number of hydrogen-bond donors (Lipinski definition) is 3. The molecule has 0 spiro atoms. The Morgan fingerprint density at radius 3 is 1.91 bits per heavy atom. The Labute approximate surface area is 185 Å². The van der Waals surface area contributed by atoms with Crippen molar-refractivity contribution in [3.63, 3.8) is 0 Å². The molecule has 0 aliphatic rings. The Kier molecular flexibility index (Phi) is 8.72. The Morgan fingerprint density at radius 1 is 0.788 bits per heavy atom. The molecule has 33 heavy (non-hydrogen) atoms. The molecule has 0 atom stereocenters. The van der Waals surface area contributed by atoms with E-state index in [9.17, 15) is 40.9 Å². The number of aryl methyl sites for hydroxylation is 2. The van der Waals surface area contributed by atoms with Crippen LogP contribution in [0.3, 0.4) is 0 Å². The van der Waals surface area contributed by atoms with Crippen molar-refractivity contribution in [3.05, 3.63) is 64.5 Å². The van der Waals surface area contributed by atoms with Crippen LogP contribution >= 0.6 is 0 Å². The van der Waals surface area contributed by atoms with Crippen molar-refractivity contribution in [1.82, 2.24) is 0 Å². The maximum atomic E-state index is 13.6. The van der Waals surface area contributed by atoms with Gasteiger partial charge >= 0.3 is 12.4 Å². The van der Waals surface area contributed by atoms with Gasteiger partial charge in [0, 0.05) is 0 Å². The summed E-state index contributed by atoms with van der Waals surface area (Å²) in [6.45, 7) is -1.23. The van der Waals surface area contributed by atoms with E-state index in [4.69, 9.17) is 10.5 Å². The second-order valence-corrected chi connectivity index (χ2v) is 7.77. The summed E-state index contributed by atoms with van der Waals surface area (Å²) in [5.41, 5.74) is 2.56. The molecule has 2 rings (SSSR count). The van der Waals surface area contributed by atoms with Gasteiger partial charge in [0.2, 0.25) is 0 Å². The van der Waals surface area contributed by atoms with Crippen molar-refractivity contribution >= 4 is 0 Å². The highest BCUT2D eigenvalue weighted by Crippen LogP contribution is 2.37. The molecule has 0 saturated carbocycles. The van der Waals surface area contributed by atoms with Crippen LogP contribution in [-0.4, -0.2) is 35.6 Å². The third-order valence-corrected chi connectivity index (χ3v) is 5.10. The lowest BCUT2D eigenvalue weighted by atomic mass is 9.93. The molecular formula is C22H24F7NO3. The minimum atomic E-state index is -4.81. The average molecular weight is 483 g/mol. The molecule has 0 fully saturated rings. The predicted octanol–water partition coefficient (Wildman–Crippen LogP) is 4.49. The molecule has 184 valence electrons. The lowest BCUT2D eigenvalue weighted by Crippen LogP contribution is -2.47. The van der Waals surface area contributed by atoms with Crippen LogP contribution in [0.25, 0.3) is 0 Å². The fourth-order valence-corrected chi connectivity index (χ4v) is 3.08. The Bertz CT molecular complexity index is 925. The zero-order chi connectivity index (χ0) is 24.9. The van der Waals surface area contributed by atoms with Crippen LogP contribution in [0.4, 0.5) is 30.7 Å². The van der Waals surface area contributed by atoms with Crippen molar-refractivity contribution < 1.29 is 45.7 Å². The fourth-order valence-electron chi connectivity index (χ4n) is 3.08. The highest BCUT2D eigenvalue weighted by atomic mass is 19.4. The van der Waals surface area contributed by atoms with Crippen LogP contribution in [0, 0.1) is 5.82 Å². The number of ether oxygens (including phenoxy) is 1. The quantitative estimate of drug-likeness (QED) is 0.344. The van der Waals surface area contributed by atoms with E-state index in [1.165, 1.54) is 6.07 Å². The van der Waals surface area contributed by atoms with Crippen LogP contribution < -0.4 is 10.5 Å². The summed E-state index contributed by atoms with van der Waals surface area (Å²) in [6.07, 6.45) is -9.13. The van der Waals surface area contributed by atoms with E-state index in [0.717, 1.165) is 24.3 Å². The first kappa shape index (κ1) is 26.9. The summed E-state index contributed by atoms with van der Waals surface area (Å²) >= 11 is 0. The van der Waals surface area contributed by atoms with Crippen molar-refractivity contribution in [2.45, 2.75) is 43.6 Å². The van der Waals surface area contributed by atoms with Gasteiger partial charge in [0.05, 0.1) is 36.5 Å². The fraction of sp³-hybridized carbons (Fsp3) is 0.455. The lowest BCUT2D eigenvalue weighted by Gasteiger charge is -2.24. The molecule has 0 aromatic heterocycles. The Balaban J connectivity index is 2.02. The largest absolute Gasteiger partial charge is 0.493 e. The molecule has 0 aliphatic carbocycles. The number of benzene rings is 2. The molecule has 0 unspecified atom stereocenters. The second-order valence-electron chi connectivity index (χ2n) is 7.77. The van der Waals surface area contributed by atoms with Gasteiger partial charge in [-0.1, -0.05) is 12.1 Å². The molecule has 2 aromatic rings. The Morgan fingerprint density at radius 2 is 1.36 bits per heavy atom. The molecular weight excluding hydrogens is 459 g/mol. The standard InChI is InChI=1S/C22H24F7NO3/c23-18-11-14(3-5-16(18)21(24,25)26)2-1-9-33-19-6-4-15(10-17(19)22(27,28)29)7-8-20(30,12-31)13-32/h3-6,10-11,31-32H,1-2,7-9,12-13,30H2. The van der Waals surface area contributed by atoms with Crippen molar-refractivity contribution in [2.75, 3.05) is 19.8 Å². The topological polar surface area (TPSA) is 75.7 Å². The summed E-state index contributed by atoms with van der Waals surface area (Å²) in [7, 11) is 0. The summed E-state index contributed by atoms with van der Waals surface area (Å²) < 4.78 is 97.1. The van der Waals surface area contributed by atoms with E-state index in [1.807, 2.05) is 0 Å². The maximum Gasteiger partial charge on any atom is 0.419 e. The van der Waals surface area contributed by atoms with Gasteiger partial charge in [-0.05, 0) is 61.1 Å². The predicted molar refractivity (Wildman–Crippen MR) is 106 cm³/mol.